The van der Waals surface area contributed by atoms with Gasteiger partial charge < -0.3 is 5.11 Å². The average Bonchev–Trinajstić information content (AvgIpc) is 2.74. The molecule has 0 fully saturated rings. The standard InChI is InChI=1S/C7H5N3O2S/c11-7(12)4-3-9-10-5(4)6-8-1-2-13-6/h1-3H,(H,9,10)(H,11,12). The Bertz CT molecular complexity index is 421. The van der Waals surface area contributed by atoms with Gasteiger partial charge in [-0.1, -0.05) is 0 Å². The number of aromatic amines is 1. The smallest absolute Gasteiger partial charge is 0.339 e. The average molecular weight is 195 g/mol. The Morgan fingerprint density at radius 1 is 1.62 bits per heavy atom. The molecule has 5 nitrogen and oxygen atoms in total. The van der Waals surface area contributed by atoms with Gasteiger partial charge in [0.25, 0.3) is 0 Å². The highest BCUT2D eigenvalue weighted by Crippen LogP contribution is 2.22. The second kappa shape index (κ2) is 2.98. The number of nitrogens with zero attached hydrogens (tertiary/aromatic N) is 2. The van der Waals surface area contributed by atoms with E-state index in [0.29, 0.717) is 10.7 Å². The van der Waals surface area contributed by atoms with Crippen LogP contribution in [0, 0.1) is 0 Å². The van der Waals surface area contributed by atoms with Crippen LogP contribution in [0.5, 0.6) is 0 Å². The first-order valence-corrected chi connectivity index (χ1v) is 4.33. The van der Waals surface area contributed by atoms with Gasteiger partial charge in [-0.15, -0.1) is 11.3 Å². The summed E-state index contributed by atoms with van der Waals surface area (Å²) in [6, 6.07) is 0. The minimum absolute atomic E-state index is 0.148. The zero-order valence-corrected chi connectivity index (χ0v) is 7.21. The van der Waals surface area contributed by atoms with E-state index in [2.05, 4.69) is 15.2 Å². The Hall–Kier alpha value is -1.69. The van der Waals surface area contributed by atoms with Gasteiger partial charge in [-0.05, 0) is 0 Å². The third-order valence-electron chi connectivity index (χ3n) is 1.52. The normalized spacial score (nSPS) is 10.2. The summed E-state index contributed by atoms with van der Waals surface area (Å²) < 4.78 is 0. The van der Waals surface area contributed by atoms with Crippen LogP contribution in [0.25, 0.3) is 10.7 Å². The lowest BCUT2D eigenvalue weighted by molar-refractivity contribution is 0.0698. The van der Waals surface area contributed by atoms with E-state index >= 15 is 0 Å². The molecule has 2 rings (SSSR count). The van der Waals surface area contributed by atoms with Crippen molar-refractivity contribution in [3.63, 3.8) is 0 Å². The molecule has 2 N–H and O–H groups in total. The van der Waals surface area contributed by atoms with Crippen molar-refractivity contribution in [2.75, 3.05) is 0 Å². The number of aromatic carboxylic acids is 1. The lowest BCUT2D eigenvalue weighted by Crippen LogP contribution is -1.96. The van der Waals surface area contributed by atoms with Gasteiger partial charge in [0.2, 0.25) is 0 Å². The maximum absolute atomic E-state index is 10.7. The first-order valence-electron chi connectivity index (χ1n) is 3.45. The molecule has 0 unspecified atom stereocenters. The van der Waals surface area contributed by atoms with Crippen LogP contribution in [-0.4, -0.2) is 26.3 Å². The zero-order chi connectivity index (χ0) is 9.26. The van der Waals surface area contributed by atoms with Gasteiger partial charge in [-0.2, -0.15) is 5.10 Å². The molecule has 0 amide bonds. The minimum Gasteiger partial charge on any atom is -0.478 e. The first kappa shape index (κ1) is 7.93. The van der Waals surface area contributed by atoms with Crippen molar-refractivity contribution in [2.24, 2.45) is 0 Å². The molecule has 66 valence electrons. The second-order valence-corrected chi connectivity index (χ2v) is 3.20. The summed E-state index contributed by atoms with van der Waals surface area (Å²) in [6.45, 7) is 0. The predicted octanol–water partition coefficient (Wildman–Crippen LogP) is 1.23. The molecule has 2 heterocycles. The van der Waals surface area contributed by atoms with Crippen LogP contribution >= 0.6 is 11.3 Å². The maximum atomic E-state index is 10.7. The Balaban J connectivity index is 2.52. The van der Waals surface area contributed by atoms with Crippen LogP contribution in [0.1, 0.15) is 10.4 Å². The van der Waals surface area contributed by atoms with Crippen LogP contribution in [0.3, 0.4) is 0 Å². The van der Waals surface area contributed by atoms with Gasteiger partial charge in [-0.3, -0.25) is 5.10 Å². The molecule has 0 saturated carbocycles. The van der Waals surface area contributed by atoms with Crippen molar-refractivity contribution < 1.29 is 9.90 Å². The quantitative estimate of drug-likeness (QED) is 0.755. The molecule has 6 heteroatoms. The summed E-state index contributed by atoms with van der Waals surface area (Å²) in [5.41, 5.74) is 0.609. The zero-order valence-electron chi connectivity index (χ0n) is 6.39. The maximum Gasteiger partial charge on any atom is 0.339 e. The molecule has 0 aromatic carbocycles. The molecular formula is C7H5N3O2S. The van der Waals surface area contributed by atoms with Crippen LogP contribution in [0.15, 0.2) is 17.8 Å². The highest BCUT2D eigenvalue weighted by molar-refractivity contribution is 7.13. The van der Waals surface area contributed by atoms with Gasteiger partial charge in [-0.25, -0.2) is 9.78 Å². The monoisotopic (exact) mass is 195 g/mol. The van der Waals surface area contributed by atoms with Gasteiger partial charge >= 0.3 is 5.97 Å². The fourth-order valence-electron chi connectivity index (χ4n) is 0.958. The van der Waals surface area contributed by atoms with Gasteiger partial charge in [0, 0.05) is 11.6 Å². The number of thiazole rings is 1. The summed E-state index contributed by atoms with van der Waals surface area (Å²) in [5, 5.41) is 17.5. The summed E-state index contributed by atoms with van der Waals surface area (Å²) in [5.74, 6) is -1.00. The summed E-state index contributed by atoms with van der Waals surface area (Å²) in [7, 11) is 0. The fourth-order valence-corrected chi connectivity index (χ4v) is 1.60. The van der Waals surface area contributed by atoms with Crippen molar-refractivity contribution in [3.05, 3.63) is 23.3 Å². The fraction of sp³-hybridized carbons (Fsp3) is 0. The van der Waals surface area contributed by atoms with Crippen molar-refractivity contribution >= 4 is 17.3 Å². The van der Waals surface area contributed by atoms with Crippen molar-refractivity contribution in [3.8, 4) is 10.7 Å². The third kappa shape index (κ3) is 1.31. The highest BCUT2D eigenvalue weighted by Gasteiger charge is 2.15. The summed E-state index contributed by atoms with van der Waals surface area (Å²) in [6.07, 6.45) is 2.89. The number of hydrogen-bond acceptors (Lipinski definition) is 4. The minimum atomic E-state index is -1.00. The Morgan fingerprint density at radius 2 is 2.46 bits per heavy atom. The second-order valence-electron chi connectivity index (χ2n) is 2.30. The molecule has 0 radical (unpaired) electrons. The number of carboxylic acids is 1. The Labute approximate surface area is 77.1 Å². The van der Waals surface area contributed by atoms with Crippen LogP contribution in [0.4, 0.5) is 0 Å². The molecule has 0 aliphatic heterocycles. The number of carbonyl (C=O) groups is 1. The Kier molecular flexibility index (Phi) is 1.82. The topological polar surface area (TPSA) is 78.9 Å². The molecule has 0 aliphatic rings. The van der Waals surface area contributed by atoms with E-state index in [1.165, 1.54) is 17.5 Å². The van der Waals surface area contributed by atoms with Crippen molar-refractivity contribution in [1.29, 1.82) is 0 Å². The van der Waals surface area contributed by atoms with E-state index in [9.17, 15) is 4.79 Å². The number of aromatic nitrogens is 3. The molecule has 2 aromatic heterocycles. The molecular weight excluding hydrogens is 190 g/mol. The molecule has 2 aromatic rings. The largest absolute Gasteiger partial charge is 0.478 e. The van der Waals surface area contributed by atoms with E-state index in [-0.39, 0.29) is 5.56 Å². The van der Waals surface area contributed by atoms with Crippen LogP contribution in [0.2, 0.25) is 0 Å². The van der Waals surface area contributed by atoms with E-state index < -0.39 is 5.97 Å². The van der Waals surface area contributed by atoms with Gasteiger partial charge in [0.05, 0.1) is 6.20 Å². The SMILES string of the molecule is O=C(O)c1cn[nH]c1-c1nccs1. The molecule has 0 bridgehead atoms. The predicted molar refractivity (Wildman–Crippen MR) is 46.7 cm³/mol. The van der Waals surface area contributed by atoms with Crippen LogP contribution < -0.4 is 0 Å². The number of rotatable bonds is 2. The summed E-state index contributed by atoms with van der Waals surface area (Å²) >= 11 is 1.37. The van der Waals surface area contributed by atoms with Crippen molar-refractivity contribution in [2.45, 2.75) is 0 Å². The number of H-pyrrole nitrogens is 1. The molecule has 13 heavy (non-hydrogen) atoms. The molecule has 0 aliphatic carbocycles. The van der Waals surface area contributed by atoms with E-state index in [4.69, 9.17) is 5.11 Å². The summed E-state index contributed by atoms with van der Waals surface area (Å²) in [4.78, 5) is 14.7. The van der Waals surface area contributed by atoms with Crippen LogP contribution in [-0.2, 0) is 0 Å². The lowest BCUT2D eigenvalue weighted by atomic mass is 10.2. The third-order valence-corrected chi connectivity index (χ3v) is 2.31. The van der Waals surface area contributed by atoms with Gasteiger partial charge in [0.1, 0.15) is 16.3 Å². The molecule has 0 saturated heterocycles. The molecule has 0 atom stereocenters. The number of nitrogens with one attached hydrogen (secondary N) is 1. The van der Waals surface area contributed by atoms with E-state index in [0.717, 1.165) is 0 Å². The number of carboxylic acid groups (broad SMARTS) is 1. The van der Waals surface area contributed by atoms with E-state index in [1.807, 2.05) is 0 Å². The lowest BCUT2D eigenvalue weighted by Gasteiger charge is -1.91. The number of hydrogen-bond donors (Lipinski definition) is 2. The van der Waals surface area contributed by atoms with E-state index in [1.54, 1.807) is 11.6 Å². The molecule has 0 spiro atoms. The first-order chi connectivity index (χ1) is 6.29. The Morgan fingerprint density at radius 3 is 3.08 bits per heavy atom. The van der Waals surface area contributed by atoms with Crippen molar-refractivity contribution in [1.82, 2.24) is 15.2 Å². The highest BCUT2D eigenvalue weighted by atomic mass is 32.1. The van der Waals surface area contributed by atoms with Gasteiger partial charge in [0.15, 0.2) is 0 Å².